The topological polar surface area (TPSA) is 79.7 Å². The molecule has 0 spiro atoms. The summed E-state index contributed by atoms with van der Waals surface area (Å²) in [6, 6.07) is 13.5. The largest absolute Gasteiger partial charge is 0.507 e. The molecule has 7 heteroatoms. The number of aliphatic hydroxyl groups excluding tert-OH is 1. The smallest absolute Gasteiger partial charge is 0.296 e. The number of nitrogens with zero attached hydrogens (tertiary/aromatic N) is 2. The Labute approximate surface area is 184 Å². The van der Waals surface area contributed by atoms with Crippen molar-refractivity contribution in [2.24, 2.45) is 0 Å². The van der Waals surface area contributed by atoms with Crippen LogP contribution in [0.3, 0.4) is 0 Å². The molecule has 158 valence electrons. The highest BCUT2D eigenvalue weighted by molar-refractivity contribution is 7.10. The molecule has 3 heterocycles. The first-order valence-electron chi connectivity index (χ1n) is 9.96. The highest BCUT2D eigenvalue weighted by Crippen LogP contribution is 2.43. The van der Waals surface area contributed by atoms with Crippen LogP contribution in [0.1, 0.15) is 34.7 Å². The predicted molar refractivity (Wildman–Crippen MR) is 119 cm³/mol. The highest BCUT2D eigenvalue weighted by Gasteiger charge is 2.47. The van der Waals surface area contributed by atoms with Crippen molar-refractivity contribution >= 4 is 28.8 Å². The number of pyridine rings is 1. The number of aromatic nitrogens is 1. The van der Waals surface area contributed by atoms with Gasteiger partial charge < -0.3 is 14.7 Å². The fourth-order valence-electron chi connectivity index (χ4n) is 3.68. The maximum atomic E-state index is 13.1. The Hall–Kier alpha value is -3.45. The summed E-state index contributed by atoms with van der Waals surface area (Å²) in [6.07, 6.45) is 1.65. The molecular weight excluding hydrogens is 412 g/mol. The molecule has 0 bridgehead atoms. The lowest BCUT2D eigenvalue weighted by atomic mass is 9.98. The van der Waals surface area contributed by atoms with Gasteiger partial charge in [0.15, 0.2) is 0 Å². The van der Waals surface area contributed by atoms with Crippen LogP contribution in [0.4, 0.5) is 0 Å². The SMILES string of the molecule is CCOc1ccc(/C(O)=C2/C(=O)C(=O)N(Cc3ccccn3)C2c2sccc2C)cc1. The first-order chi connectivity index (χ1) is 15.0. The number of thiophene rings is 1. The standard InChI is InChI=1S/C24H22N2O4S/c1-3-30-18-9-7-16(8-10-18)21(27)19-20(23-15(2)11-13-31-23)26(24(29)22(19)28)14-17-6-4-5-12-25-17/h4-13,20,27H,3,14H2,1-2H3/b21-19-. The molecule has 0 radical (unpaired) electrons. The predicted octanol–water partition coefficient (Wildman–Crippen LogP) is 4.47. The Bertz CT molecular complexity index is 1140. The minimum absolute atomic E-state index is 0.0932. The molecule has 1 amide bonds. The van der Waals surface area contributed by atoms with Gasteiger partial charge in [0.1, 0.15) is 17.6 Å². The van der Waals surface area contributed by atoms with Crippen molar-refractivity contribution in [1.29, 1.82) is 0 Å². The van der Waals surface area contributed by atoms with Crippen LogP contribution in [0, 0.1) is 6.92 Å². The van der Waals surface area contributed by atoms with Crippen LogP contribution in [0.15, 0.2) is 65.7 Å². The average Bonchev–Trinajstić information content (AvgIpc) is 3.30. The second-order valence-corrected chi connectivity index (χ2v) is 8.12. The van der Waals surface area contributed by atoms with Gasteiger partial charge in [0.2, 0.25) is 0 Å². The number of carbonyl (C=O) groups is 2. The summed E-state index contributed by atoms with van der Waals surface area (Å²) in [5.41, 5.74) is 2.18. The summed E-state index contributed by atoms with van der Waals surface area (Å²) < 4.78 is 5.45. The molecule has 1 aromatic carbocycles. The number of aryl methyl sites for hydroxylation is 1. The molecule has 0 aliphatic carbocycles. The molecule has 0 saturated carbocycles. The molecule has 4 rings (SSSR count). The molecule has 1 aliphatic heterocycles. The lowest BCUT2D eigenvalue weighted by molar-refractivity contribution is -0.140. The van der Waals surface area contributed by atoms with Gasteiger partial charge in [0, 0.05) is 16.6 Å². The van der Waals surface area contributed by atoms with E-state index in [0.717, 1.165) is 10.4 Å². The Kier molecular flexibility index (Phi) is 5.86. The molecule has 1 saturated heterocycles. The summed E-state index contributed by atoms with van der Waals surface area (Å²) in [6.45, 7) is 4.53. The minimum Gasteiger partial charge on any atom is -0.507 e. The Morgan fingerprint density at radius 3 is 2.55 bits per heavy atom. The molecule has 1 unspecified atom stereocenters. The van der Waals surface area contributed by atoms with Crippen molar-refractivity contribution in [2.75, 3.05) is 6.61 Å². The number of rotatable bonds is 6. The number of carbonyl (C=O) groups excluding carboxylic acids is 2. The Balaban J connectivity index is 1.81. The number of likely N-dealkylation sites (tertiary alicyclic amines) is 1. The maximum absolute atomic E-state index is 13.1. The van der Waals surface area contributed by atoms with Gasteiger partial charge in [0.05, 0.1) is 24.4 Å². The van der Waals surface area contributed by atoms with Crippen molar-refractivity contribution < 1.29 is 19.4 Å². The third kappa shape index (κ3) is 3.96. The molecule has 3 aromatic rings. The Morgan fingerprint density at radius 1 is 1.16 bits per heavy atom. The number of Topliss-reactive ketones (excluding diaryl/α,β-unsaturated/α-hetero) is 1. The average molecular weight is 435 g/mol. The van der Waals surface area contributed by atoms with Crippen LogP contribution < -0.4 is 4.74 Å². The van der Waals surface area contributed by atoms with Gasteiger partial charge in [-0.3, -0.25) is 14.6 Å². The van der Waals surface area contributed by atoms with E-state index >= 15 is 0 Å². The van der Waals surface area contributed by atoms with Crippen molar-refractivity contribution in [2.45, 2.75) is 26.4 Å². The third-order valence-electron chi connectivity index (χ3n) is 5.19. The number of hydrogen-bond donors (Lipinski definition) is 1. The van der Waals surface area contributed by atoms with E-state index in [-0.39, 0.29) is 17.9 Å². The monoisotopic (exact) mass is 434 g/mol. The van der Waals surface area contributed by atoms with Gasteiger partial charge in [0.25, 0.3) is 11.7 Å². The van der Waals surface area contributed by atoms with E-state index in [1.807, 2.05) is 37.4 Å². The zero-order valence-electron chi connectivity index (χ0n) is 17.2. The van der Waals surface area contributed by atoms with Gasteiger partial charge in [-0.05, 0) is 67.3 Å². The van der Waals surface area contributed by atoms with Crippen molar-refractivity contribution in [3.63, 3.8) is 0 Å². The van der Waals surface area contributed by atoms with Gasteiger partial charge in [-0.1, -0.05) is 6.07 Å². The molecule has 1 N–H and O–H groups in total. The number of hydrogen-bond acceptors (Lipinski definition) is 6. The molecular formula is C24H22N2O4S. The number of ether oxygens (including phenoxy) is 1. The van der Waals surface area contributed by atoms with Crippen molar-refractivity contribution in [3.05, 3.63) is 87.4 Å². The fourth-order valence-corrected chi connectivity index (χ4v) is 4.72. The molecule has 6 nitrogen and oxygen atoms in total. The quantitative estimate of drug-likeness (QED) is 0.352. The molecule has 1 atom stereocenters. The van der Waals surface area contributed by atoms with E-state index in [1.165, 1.54) is 16.2 Å². The van der Waals surface area contributed by atoms with Crippen LogP contribution in [-0.2, 0) is 16.1 Å². The zero-order chi connectivity index (χ0) is 22.0. The van der Waals surface area contributed by atoms with Crippen LogP contribution in [-0.4, -0.2) is 33.3 Å². The zero-order valence-corrected chi connectivity index (χ0v) is 18.1. The van der Waals surface area contributed by atoms with E-state index in [2.05, 4.69) is 4.98 Å². The fraction of sp³-hybridized carbons (Fsp3) is 0.208. The molecule has 2 aromatic heterocycles. The lowest BCUT2D eigenvalue weighted by Crippen LogP contribution is -2.29. The normalized spacial score (nSPS) is 17.9. The second kappa shape index (κ2) is 8.73. The van der Waals surface area contributed by atoms with Gasteiger partial charge in [-0.2, -0.15) is 0 Å². The van der Waals surface area contributed by atoms with Crippen LogP contribution in [0.2, 0.25) is 0 Å². The number of ketones is 1. The second-order valence-electron chi connectivity index (χ2n) is 7.17. The summed E-state index contributed by atoms with van der Waals surface area (Å²) >= 11 is 1.46. The third-order valence-corrected chi connectivity index (χ3v) is 6.26. The number of amides is 1. The van der Waals surface area contributed by atoms with E-state index < -0.39 is 17.7 Å². The summed E-state index contributed by atoms with van der Waals surface area (Å²) in [5, 5.41) is 13.0. The van der Waals surface area contributed by atoms with Crippen molar-refractivity contribution in [1.82, 2.24) is 9.88 Å². The maximum Gasteiger partial charge on any atom is 0.296 e. The first kappa shape index (κ1) is 20.8. The molecule has 31 heavy (non-hydrogen) atoms. The lowest BCUT2D eigenvalue weighted by Gasteiger charge is -2.24. The summed E-state index contributed by atoms with van der Waals surface area (Å²) in [4.78, 5) is 32.7. The number of aliphatic hydroxyl groups is 1. The van der Waals surface area contributed by atoms with Gasteiger partial charge in [-0.15, -0.1) is 11.3 Å². The van der Waals surface area contributed by atoms with Gasteiger partial charge in [-0.25, -0.2) is 0 Å². The van der Waals surface area contributed by atoms with E-state index in [9.17, 15) is 14.7 Å². The van der Waals surface area contributed by atoms with E-state index in [4.69, 9.17) is 4.74 Å². The highest BCUT2D eigenvalue weighted by atomic mass is 32.1. The Morgan fingerprint density at radius 2 is 1.94 bits per heavy atom. The van der Waals surface area contributed by atoms with Crippen LogP contribution >= 0.6 is 11.3 Å². The van der Waals surface area contributed by atoms with Crippen LogP contribution in [0.5, 0.6) is 5.75 Å². The minimum atomic E-state index is -0.694. The first-order valence-corrected chi connectivity index (χ1v) is 10.8. The van der Waals surface area contributed by atoms with Crippen molar-refractivity contribution in [3.8, 4) is 5.75 Å². The summed E-state index contributed by atoms with van der Waals surface area (Å²) in [7, 11) is 0. The number of benzene rings is 1. The summed E-state index contributed by atoms with van der Waals surface area (Å²) in [5.74, 6) is -0.862. The van der Waals surface area contributed by atoms with Gasteiger partial charge >= 0.3 is 0 Å². The van der Waals surface area contributed by atoms with E-state index in [1.54, 1.807) is 36.5 Å². The van der Waals surface area contributed by atoms with Crippen LogP contribution in [0.25, 0.3) is 5.76 Å². The molecule has 1 fully saturated rings. The molecule has 1 aliphatic rings. The van der Waals surface area contributed by atoms with E-state index in [0.29, 0.717) is 23.6 Å².